The van der Waals surface area contributed by atoms with Gasteiger partial charge in [0.1, 0.15) is 5.82 Å². The van der Waals surface area contributed by atoms with Crippen LogP contribution < -0.4 is 5.32 Å². The largest absolute Gasteiger partial charge is 0.372 e. The number of hydrogen-bond acceptors (Lipinski definition) is 4. The zero-order valence-corrected chi connectivity index (χ0v) is 14.0. The van der Waals surface area contributed by atoms with Gasteiger partial charge in [0.15, 0.2) is 0 Å². The third kappa shape index (κ3) is 3.02. The molecule has 20 heavy (non-hydrogen) atoms. The molecule has 1 atom stereocenters. The van der Waals surface area contributed by atoms with Gasteiger partial charge in [0.05, 0.1) is 11.6 Å². The van der Waals surface area contributed by atoms with Gasteiger partial charge in [0, 0.05) is 29.6 Å². The summed E-state index contributed by atoms with van der Waals surface area (Å²) in [4.78, 5) is 19.8. The van der Waals surface area contributed by atoms with Crippen LogP contribution in [0, 0.1) is 0 Å². The van der Waals surface area contributed by atoms with Crippen LogP contribution in [0.15, 0.2) is 34.2 Å². The molecule has 1 amide bonds. The molecule has 0 aliphatic carbocycles. The van der Waals surface area contributed by atoms with E-state index in [1.165, 1.54) is 0 Å². The monoisotopic (exact) mass is 353 g/mol. The first-order valence-corrected chi connectivity index (χ1v) is 7.85. The van der Waals surface area contributed by atoms with Gasteiger partial charge in [0.25, 0.3) is 5.91 Å². The molecule has 0 spiro atoms. The van der Waals surface area contributed by atoms with E-state index in [2.05, 4.69) is 26.2 Å². The number of hydrogen-bond donors (Lipinski definition) is 1. The zero-order valence-electron chi connectivity index (χ0n) is 11.6. The van der Waals surface area contributed by atoms with Crippen molar-refractivity contribution in [3.63, 3.8) is 0 Å². The lowest BCUT2D eigenvalue weighted by molar-refractivity contribution is 0.0745. The van der Waals surface area contributed by atoms with E-state index in [-0.39, 0.29) is 11.9 Å². The molecule has 1 N–H and O–H groups in total. The smallest absolute Gasteiger partial charge is 0.257 e. The van der Waals surface area contributed by atoms with Gasteiger partial charge in [-0.1, -0.05) is 6.07 Å². The van der Waals surface area contributed by atoms with E-state index in [1.807, 2.05) is 31.5 Å². The number of nitrogens with zero attached hydrogens (tertiary/aromatic N) is 2. The van der Waals surface area contributed by atoms with Crippen LogP contribution in [0.4, 0.5) is 5.82 Å². The van der Waals surface area contributed by atoms with E-state index < -0.39 is 0 Å². The second kappa shape index (κ2) is 6.37. The number of rotatable bonds is 4. The van der Waals surface area contributed by atoms with Gasteiger partial charge < -0.3 is 10.2 Å². The van der Waals surface area contributed by atoms with Gasteiger partial charge in [-0.05, 0) is 40.4 Å². The molecule has 0 aliphatic rings. The van der Waals surface area contributed by atoms with Crippen LogP contribution in [0.25, 0.3) is 0 Å². The molecular weight excluding hydrogens is 338 g/mol. The van der Waals surface area contributed by atoms with Gasteiger partial charge in [-0.15, -0.1) is 11.3 Å². The summed E-state index contributed by atoms with van der Waals surface area (Å²) in [6, 6.07) is 5.86. The minimum absolute atomic E-state index is 0.0335. The van der Waals surface area contributed by atoms with E-state index in [4.69, 9.17) is 0 Å². The maximum Gasteiger partial charge on any atom is 0.257 e. The second-order valence-corrected chi connectivity index (χ2v) is 6.30. The highest BCUT2D eigenvalue weighted by Crippen LogP contribution is 2.27. The Balaban J connectivity index is 2.29. The van der Waals surface area contributed by atoms with Crippen LogP contribution in [0.2, 0.25) is 0 Å². The molecule has 0 bridgehead atoms. The van der Waals surface area contributed by atoms with Crippen LogP contribution in [0.3, 0.4) is 0 Å². The Morgan fingerprint density at radius 3 is 2.90 bits per heavy atom. The summed E-state index contributed by atoms with van der Waals surface area (Å²) in [5.41, 5.74) is 0.563. The normalized spacial score (nSPS) is 12.0. The minimum Gasteiger partial charge on any atom is -0.372 e. The number of pyridine rings is 1. The first-order valence-electron chi connectivity index (χ1n) is 6.18. The zero-order chi connectivity index (χ0) is 14.7. The minimum atomic E-state index is -0.0518. The number of aromatic nitrogens is 1. The first-order chi connectivity index (χ1) is 9.54. The summed E-state index contributed by atoms with van der Waals surface area (Å²) in [6.07, 6.45) is 1.67. The van der Waals surface area contributed by atoms with Gasteiger partial charge in [0.2, 0.25) is 0 Å². The van der Waals surface area contributed by atoms with E-state index in [0.717, 1.165) is 9.35 Å². The summed E-state index contributed by atoms with van der Waals surface area (Å²) in [5, 5.41) is 4.97. The van der Waals surface area contributed by atoms with Crippen molar-refractivity contribution in [1.82, 2.24) is 9.88 Å². The second-order valence-electron chi connectivity index (χ2n) is 4.41. The van der Waals surface area contributed by atoms with Crippen molar-refractivity contribution in [2.45, 2.75) is 13.0 Å². The Morgan fingerprint density at radius 1 is 1.55 bits per heavy atom. The van der Waals surface area contributed by atoms with Crippen molar-refractivity contribution in [3.05, 3.63) is 44.7 Å². The molecule has 4 nitrogen and oxygen atoms in total. The molecule has 2 rings (SSSR count). The maximum atomic E-state index is 12.6. The quantitative estimate of drug-likeness (QED) is 0.909. The summed E-state index contributed by atoms with van der Waals surface area (Å²) >= 11 is 5.01. The third-order valence-corrected chi connectivity index (χ3v) is 4.65. The standard InChI is InChI=1S/C14H16BrN3OS/c1-9(12-5-4-6-20-12)18(3)14(19)11-7-10(15)8-17-13(11)16-2/h4-9H,1-3H3,(H,16,17). The van der Waals surface area contributed by atoms with E-state index in [1.54, 1.807) is 35.5 Å². The van der Waals surface area contributed by atoms with E-state index >= 15 is 0 Å². The number of anilines is 1. The fourth-order valence-corrected chi connectivity index (χ4v) is 3.04. The number of carbonyl (C=O) groups is 1. The molecule has 0 aliphatic heterocycles. The predicted molar refractivity (Wildman–Crippen MR) is 86.3 cm³/mol. The SMILES string of the molecule is CNc1ncc(Br)cc1C(=O)N(C)C(C)c1cccs1. The molecule has 2 heterocycles. The number of halogens is 1. The van der Waals surface area contributed by atoms with Crippen LogP contribution >= 0.6 is 27.3 Å². The summed E-state index contributed by atoms with van der Waals surface area (Å²) in [5.74, 6) is 0.535. The topological polar surface area (TPSA) is 45.2 Å². The average Bonchev–Trinajstić information content (AvgIpc) is 2.99. The van der Waals surface area contributed by atoms with Gasteiger partial charge in [-0.2, -0.15) is 0 Å². The van der Waals surface area contributed by atoms with Crippen molar-refractivity contribution in [2.75, 3.05) is 19.4 Å². The fourth-order valence-electron chi connectivity index (χ4n) is 1.89. The van der Waals surface area contributed by atoms with E-state index in [9.17, 15) is 4.79 Å². The van der Waals surface area contributed by atoms with Crippen LogP contribution in [-0.4, -0.2) is 29.9 Å². The molecular formula is C14H16BrN3OS. The highest BCUT2D eigenvalue weighted by atomic mass is 79.9. The fraction of sp³-hybridized carbons (Fsp3) is 0.286. The molecule has 0 saturated carbocycles. The molecule has 1 unspecified atom stereocenters. The van der Waals surface area contributed by atoms with Crippen LogP contribution in [0.5, 0.6) is 0 Å². The number of nitrogens with one attached hydrogen (secondary N) is 1. The molecule has 0 radical (unpaired) electrons. The molecule has 6 heteroatoms. The molecule has 0 fully saturated rings. The molecule has 2 aromatic heterocycles. The lowest BCUT2D eigenvalue weighted by Gasteiger charge is -2.25. The summed E-state index contributed by atoms with van der Waals surface area (Å²) in [6.45, 7) is 2.02. The highest BCUT2D eigenvalue weighted by molar-refractivity contribution is 9.10. The molecule has 106 valence electrons. The van der Waals surface area contributed by atoms with Crippen molar-refractivity contribution in [3.8, 4) is 0 Å². The van der Waals surface area contributed by atoms with Crippen molar-refractivity contribution in [1.29, 1.82) is 0 Å². The summed E-state index contributed by atoms with van der Waals surface area (Å²) < 4.78 is 0.789. The lowest BCUT2D eigenvalue weighted by atomic mass is 10.2. The molecule has 2 aromatic rings. The Hall–Kier alpha value is -1.40. The Kier molecular flexibility index (Phi) is 4.77. The van der Waals surface area contributed by atoms with Crippen molar-refractivity contribution >= 4 is 39.0 Å². The predicted octanol–water partition coefficient (Wildman–Crippen LogP) is 3.78. The maximum absolute atomic E-state index is 12.6. The van der Waals surface area contributed by atoms with Gasteiger partial charge >= 0.3 is 0 Å². The van der Waals surface area contributed by atoms with Crippen molar-refractivity contribution < 1.29 is 4.79 Å². The molecule has 0 aromatic carbocycles. The number of carbonyl (C=O) groups excluding carboxylic acids is 1. The lowest BCUT2D eigenvalue weighted by Crippen LogP contribution is -2.30. The molecule has 0 saturated heterocycles. The summed E-state index contributed by atoms with van der Waals surface area (Å²) in [7, 11) is 3.57. The Labute approximate surface area is 131 Å². The van der Waals surface area contributed by atoms with Crippen LogP contribution in [-0.2, 0) is 0 Å². The third-order valence-electron chi connectivity index (χ3n) is 3.18. The average molecular weight is 354 g/mol. The Morgan fingerprint density at radius 2 is 2.30 bits per heavy atom. The van der Waals surface area contributed by atoms with Crippen LogP contribution in [0.1, 0.15) is 28.2 Å². The van der Waals surface area contributed by atoms with Gasteiger partial charge in [-0.25, -0.2) is 4.98 Å². The van der Waals surface area contributed by atoms with Crippen molar-refractivity contribution in [2.24, 2.45) is 0 Å². The number of amides is 1. The van der Waals surface area contributed by atoms with Gasteiger partial charge in [-0.3, -0.25) is 4.79 Å². The highest BCUT2D eigenvalue weighted by Gasteiger charge is 2.22. The van der Waals surface area contributed by atoms with E-state index in [0.29, 0.717) is 11.4 Å². The Bertz CT molecular complexity index is 600. The first kappa shape index (κ1) is 15.0. The number of thiophene rings is 1.